The lowest BCUT2D eigenvalue weighted by molar-refractivity contribution is -0.142. The SMILES string of the molecule is CC(C)(C)[C@H](NC(=O)c1ccc(N)c(Cl)c1)C(=O)N1CCC[C@@H]1C(=O)N[C@H](C#N)CC(=O)O. The van der Waals surface area contributed by atoms with Gasteiger partial charge in [0, 0.05) is 12.1 Å². The van der Waals surface area contributed by atoms with Crippen LogP contribution in [-0.4, -0.2) is 58.4 Å². The van der Waals surface area contributed by atoms with E-state index in [1.54, 1.807) is 26.8 Å². The largest absolute Gasteiger partial charge is 0.481 e. The molecule has 1 aromatic carbocycles. The molecule has 0 aliphatic carbocycles. The number of carboxylic acids is 1. The molecular weight excluding hydrogens is 450 g/mol. The zero-order chi connectivity index (χ0) is 24.9. The lowest BCUT2D eigenvalue weighted by atomic mass is 9.85. The van der Waals surface area contributed by atoms with Gasteiger partial charge in [-0.15, -0.1) is 0 Å². The molecule has 5 N–H and O–H groups in total. The van der Waals surface area contributed by atoms with Crippen LogP contribution >= 0.6 is 11.6 Å². The Morgan fingerprint density at radius 2 is 1.97 bits per heavy atom. The lowest BCUT2D eigenvalue weighted by Crippen LogP contribution is -2.58. The second-order valence-corrected chi connectivity index (χ2v) is 9.39. The van der Waals surface area contributed by atoms with Crippen molar-refractivity contribution < 1.29 is 24.3 Å². The number of rotatable bonds is 7. The van der Waals surface area contributed by atoms with Crippen molar-refractivity contribution >= 4 is 41.0 Å². The molecular formula is C22H28ClN5O5. The summed E-state index contributed by atoms with van der Waals surface area (Å²) in [7, 11) is 0. The number of likely N-dealkylation sites (tertiary alicyclic amines) is 1. The minimum atomic E-state index is -1.22. The third-order valence-corrected chi connectivity index (χ3v) is 5.67. The summed E-state index contributed by atoms with van der Waals surface area (Å²) in [4.78, 5) is 51.3. The number of nitrogens with two attached hydrogens (primary N) is 1. The van der Waals surface area contributed by atoms with Crippen LogP contribution in [0.3, 0.4) is 0 Å². The summed E-state index contributed by atoms with van der Waals surface area (Å²) in [5, 5.41) is 23.3. The second-order valence-electron chi connectivity index (χ2n) is 8.99. The van der Waals surface area contributed by atoms with E-state index in [0.717, 1.165) is 0 Å². The van der Waals surface area contributed by atoms with Crippen LogP contribution in [0.15, 0.2) is 18.2 Å². The van der Waals surface area contributed by atoms with Gasteiger partial charge in [0.2, 0.25) is 11.8 Å². The summed E-state index contributed by atoms with van der Waals surface area (Å²) in [6, 6.07) is 3.11. The van der Waals surface area contributed by atoms with E-state index < -0.39 is 53.7 Å². The molecule has 3 amide bonds. The van der Waals surface area contributed by atoms with Gasteiger partial charge in [-0.25, -0.2) is 0 Å². The van der Waals surface area contributed by atoms with Crippen LogP contribution < -0.4 is 16.4 Å². The number of carbonyl (C=O) groups is 4. The van der Waals surface area contributed by atoms with Crippen LogP contribution in [0.5, 0.6) is 0 Å². The van der Waals surface area contributed by atoms with Crippen LogP contribution in [0, 0.1) is 16.7 Å². The molecule has 11 heteroatoms. The Balaban J connectivity index is 2.21. The number of aliphatic carboxylic acids is 1. The Kier molecular flexibility index (Phi) is 8.28. The Morgan fingerprint density at radius 3 is 2.52 bits per heavy atom. The first-order chi connectivity index (χ1) is 15.3. The molecule has 1 heterocycles. The number of benzene rings is 1. The highest BCUT2D eigenvalue weighted by atomic mass is 35.5. The summed E-state index contributed by atoms with van der Waals surface area (Å²) in [6.45, 7) is 5.66. The van der Waals surface area contributed by atoms with Gasteiger partial charge in [-0.3, -0.25) is 19.2 Å². The van der Waals surface area contributed by atoms with E-state index in [-0.39, 0.29) is 10.6 Å². The number of nitriles is 1. The standard InChI is InChI=1S/C22H28ClN5O5/c1-22(2,3)18(27-19(31)12-6-7-15(25)14(23)9-12)21(33)28-8-4-5-16(28)20(32)26-13(11-24)10-17(29)30/h6-7,9,13,16,18H,4-5,8,10,25H2,1-3H3,(H,26,32)(H,27,31)(H,29,30)/t13-,16+,18+/m0/s1. The molecule has 33 heavy (non-hydrogen) atoms. The summed E-state index contributed by atoms with van der Waals surface area (Å²) in [5.41, 5.74) is 5.56. The molecule has 1 aliphatic heterocycles. The first kappa shape index (κ1) is 25.9. The van der Waals surface area contributed by atoms with E-state index in [2.05, 4.69) is 10.6 Å². The molecule has 1 aliphatic rings. The van der Waals surface area contributed by atoms with Gasteiger partial charge in [-0.1, -0.05) is 32.4 Å². The van der Waals surface area contributed by atoms with E-state index in [0.29, 0.717) is 25.1 Å². The third-order valence-electron chi connectivity index (χ3n) is 5.34. The zero-order valence-electron chi connectivity index (χ0n) is 18.7. The van der Waals surface area contributed by atoms with Gasteiger partial charge < -0.3 is 26.4 Å². The molecule has 0 unspecified atom stereocenters. The number of amides is 3. The monoisotopic (exact) mass is 477 g/mol. The Hall–Kier alpha value is -3.32. The van der Waals surface area contributed by atoms with Crippen molar-refractivity contribution in [2.75, 3.05) is 12.3 Å². The van der Waals surface area contributed by atoms with Crippen molar-refractivity contribution in [1.82, 2.24) is 15.5 Å². The normalized spacial score (nSPS) is 17.5. The molecule has 178 valence electrons. The van der Waals surface area contributed by atoms with Gasteiger partial charge in [-0.05, 0) is 36.5 Å². The van der Waals surface area contributed by atoms with Crippen LogP contribution in [0.25, 0.3) is 0 Å². The molecule has 0 spiro atoms. The van der Waals surface area contributed by atoms with Gasteiger partial charge in [0.25, 0.3) is 5.91 Å². The van der Waals surface area contributed by atoms with Crippen molar-refractivity contribution in [2.45, 2.75) is 58.2 Å². The average molecular weight is 478 g/mol. The van der Waals surface area contributed by atoms with Gasteiger partial charge in [0.15, 0.2) is 0 Å². The molecule has 0 aromatic heterocycles. The minimum absolute atomic E-state index is 0.214. The first-order valence-electron chi connectivity index (χ1n) is 10.4. The highest BCUT2D eigenvalue weighted by Crippen LogP contribution is 2.27. The Morgan fingerprint density at radius 1 is 1.30 bits per heavy atom. The van der Waals surface area contributed by atoms with Crippen molar-refractivity contribution in [2.24, 2.45) is 5.41 Å². The molecule has 0 radical (unpaired) electrons. The second kappa shape index (κ2) is 10.5. The van der Waals surface area contributed by atoms with Crippen LogP contribution in [0.4, 0.5) is 5.69 Å². The molecule has 0 saturated carbocycles. The lowest BCUT2D eigenvalue weighted by Gasteiger charge is -2.35. The molecule has 3 atom stereocenters. The van der Waals surface area contributed by atoms with E-state index in [1.165, 1.54) is 23.1 Å². The summed E-state index contributed by atoms with van der Waals surface area (Å²) in [5.74, 6) is -2.78. The molecule has 1 saturated heterocycles. The first-order valence-corrected chi connectivity index (χ1v) is 10.8. The molecule has 0 bridgehead atoms. The average Bonchev–Trinajstić information content (AvgIpc) is 3.21. The Labute approximate surface area is 197 Å². The van der Waals surface area contributed by atoms with E-state index >= 15 is 0 Å². The number of anilines is 1. The van der Waals surface area contributed by atoms with Crippen molar-refractivity contribution in [3.05, 3.63) is 28.8 Å². The minimum Gasteiger partial charge on any atom is -0.481 e. The summed E-state index contributed by atoms with van der Waals surface area (Å²) >= 11 is 6.01. The van der Waals surface area contributed by atoms with E-state index in [4.69, 9.17) is 27.7 Å². The highest BCUT2D eigenvalue weighted by molar-refractivity contribution is 6.33. The zero-order valence-corrected chi connectivity index (χ0v) is 19.5. The summed E-state index contributed by atoms with van der Waals surface area (Å²) in [6.07, 6.45) is 0.368. The number of halogens is 1. The predicted octanol–water partition coefficient (Wildman–Crippen LogP) is 1.54. The van der Waals surface area contributed by atoms with Crippen LogP contribution in [-0.2, 0) is 14.4 Å². The molecule has 10 nitrogen and oxygen atoms in total. The number of hydrogen-bond acceptors (Lipinski definition) is 6. The maximum Gasteiger partial charge on any atom is 0.306 e. The van der Waals surface area contributed by atoms with Gasteiger partial charge in [0.05, 0.1) is 23.2 Å². The van der Waals surface area contributed by atoms with Crippen molar-refractivity contribution in [3.63, 3.8) is 0 Å². The highest BCUT2D eigenvalue weighted by Gasteiger charge is 2.42. The topological polar surface area (TPSA) is 166 Å². The van der Waals surface area contributed by atoms with E-state index in [9.17, 15) is 19.2 Å². The van der Waals surface area contributed by atoms with Crippen LogP contribution in [0.2, 0.25) is 5.02 Å². The molecule has 2 rings (SSSR count). The number of carbonyl (C=O) groups excluding carboxylic acids is 3. The quantitative estimate of drug-likeness (QED) is 0.432. The van der Waals surface area contributed by atoms with Crippen molar-refractivity contribution in [1.29, 1.82) is 5.26 Å². The number of nitrogen functional groups attached to an aromatic ring is 1. The fraction of sp³-hybridized carbons (Fsp3) is 0.500. The fourth-order valence-electron chi connectivity index (χ4n) is 3.57. The summed E-state index contributed by atoms with van der Waals surface area (Å²) < 4.78 is 0. The number of nitrogens with zero attached hydrogens (tertiary/aromatic N) is 2. The fourth-order valence-corrected chi connectivity index (χ4v) is 3.75. The van der Waals surface area contributed by atoms with Gasteiger partial charge in [0.1, 0.15) is 18.1 Å². The smallest absolute Gasteiger partial charge is 0.306 e. The maximum absolute atomic E-state index is 13.5. The predicted molar refractivity (Wildman–Crippen MR) is 121 cm³/mol. The maximum atomic E-state index is 13.5. The van der Waals surface area contributed by atoms with E-state index in [1.807, 2.05) is 0 Å². The van der Waals surface area contributed by atoms with Gasteiger partial charge >= 0.3 is 5.97 Å². The number of carboxylic acid groups (broad SMARTS) is 1. The van der Waals surface area contributed by atoms with Crippen molar-refractivity contribution in [3.8, 4) is 6.07 Å². The Bertz CT molecular complexity index is 984. The van der Waals surface area contributed by atoms with Crippen LogP contribution in [0.1, 0.15) is 50.4 Å². The number of nitrogens with one attached hydrogen (secondary N) is 2. The van der Waals surface area contributed by atoms with Gasteiger partial charge in [-0.2, -0.15) is 5.26 Å². The molecule has 1 fully saturated rings. The number of hydrogen-bond donors (Lipinski definition) is 4. The molecule has 1 aromatic rings. The third kappa shape index (κ3) is 6.58.